The zero-order valence-electron chi connectivity index (χ0n) is 10.0. The average molecular weight is 248 g/mol. The Morgan fingerprint density at radius 2 is 2.06 bits per heavy atom. The largest absolute Gasteiger partial charge is 0.481 e. The Morgan fingerprint density at radius 1 is 1.33 bits per heavy atom. The van der Waals surface area contributed by atoms with Gasteiger partial charge in [-0.2, -0.15) is 0 Å². The van der Waals surface area contributed by atoms with Gasteiger partial charge >= 0.3 is 5.97 Å². The first-order chi connectivity index (χ1) is 8.66. The number of carbonyl (C=O) groups excluding carboxylic acids is 1. The van der Waals surface area contributed by atoms with Gasteiger partial charge in [-0.3, -0.25) is 9.59 Å². The van der Waals surface area contributed by atoms with E-state index in [0.717, 1.165) is 5.56 Å². The molecule has 1 saturated heterocycles. The van der Waals surface area contributed by atoms with E-state index >= 15 is 0 Å². The topological polar surface area (TPSA) is 69.6 Å². The normalized spacial score (nSPS) is 19.6. The van der Waals surface area contributed by atoms with E-state index in [9.17, 15) is 9.59 Å². The molecule has 0 aromatic heterocycles. The first-order valence-electron chi connectivity index (χ1n) is 5.94. The fourth-order valence-electron chi connectivity index (χ4n) is 2.13. The van der Waals surface area contributed by atoms with Crippen LogP contribution >= 0.6 is 0 Å². The van der Waals surface area contributed by atoms with Gasteiger partial charge in [0.25, 0.3) is 0 Å². The fraction of sp³-hybridized carbons (Fsp3) is 0.385. The van der Waals surface area contributed by atoms with Gasteiger partial charge in [0.05, 0.1) is 0 Å². The molecule has 2 rings (SSSR count). The third-order valence-electron chi connectivity index (χ3n) is 3.03. The number of aliphatic carboxylic acids is 1. The lowest BCUT2D eigenvalue weighted by atomic mass is 10.0. The van der Waals surface area contributed by atoms with Crippen molar-refractivity contribution in [2.24, 2.45) is 0 Å². The Hall–Kier alpha value is -1.88. The van der Waals surface area contributed by atoms with Gasteiger partial charge in [-0.25, -0.2) is 0 Å². The van der Waals surface area contributed by atoms with Crippen LogP contribution in [-0.2, 0) is 9.59 Å². The van der Waals surface area contributed by atoms with Crippen LogP contribution in [0.15, 0.2) is 30.3 Å². The maximum absolute atomic E-state index is 11.7. The summed E-state index contributed by atoms with van der Waals surface area (Å²) in [6.07, 6.45) is -0.429. The van der Waals surface area contributed by atoms with E-state index in [4.69, 9.17) is 5.11 Å². The first kappa shape index (κ1) is 12.6. The first-order valence-corrected chi connectivity index (χ1v) is 5.94. The van der Waals surface area contributed by atoms with Gasteiger partial charge in [0.15, 0.2) is 0 Å². The number of benzene rings is 1. The van der Waals surface area contributed by atoms with Crippen LogP contribution in [0, 0.1) is 0 Å². The molecule has 1 fully saturated rings. The molecule has 96 valence electrons. The second-order valence-corrected chi connectivity index (χ2v) is 4.33. The quantitative estimate of drug-likeness (QED) is 0.770. The number of nitrogens with zero attached hydrogens (tertiary/aromatic N) is 1. The minimum Gasteiger partial charge on any atom is -0.481 e. The van der Waals surface area contributed by atoms with Gasteiger partial charge in [-0.15, -0.1) is 0 Å². The van der Waals surface area contributed by atoms with Gasteiger partial charge < -0.3 is 15.3 Å². The highest BCUT2D eigenvalue weighted by Crippen LogP contribution is 2.17. The summed E-state index contributed by atoms with van der Waals surface area (Å²) >= 11 is 0. The molecular weight excluding hydrogens is 232 g/mol. The highest BCUT2D eigenvalue weighted by molar-refractivity contribution is 5.93. The van der Waals surface area contributed by atoms with Crippen LogP contribution in [0.25, 0.3) is 0 Å². The lowest BCUT2D eigenvalue weighted by molar-refractivity contribution is -0.144. The van der Waals surface area contributed by atoms with Crippen LogP contribution in [0.4, 0.5) is 0 Å². The average Bonchev–Trinajstić information content (AvgIpc) is 2.39. The van der Waals surface area contributed by atoms with Crippen LogP contribution in [0.2, 0.25) is 0 Å². The fourth-order valence-corrected chi connectivity index (χ4v) is 2.13. The maximum Gasteiger partial charge on any atom is 0.312 e. The number of carboxylic acids is 1. The summed E-state index contributed by atoms with van der Waals surface area (Å²) in [4.78, 5) is 23.9. The molecule has 0 bridgehead atoms. The third-order valence-corrected chi connectivity index (χ3v) is 3.03. The number of hydrogen-bond donors (Lipinski definition) is 2. The molecule has 1 unspecified atom stereocenters. The minimum atomic E-state index is -1.07. The molecule has 1 aromatic rings. The maximum atomic E-state index is 11.7. The molecule has 0 radical (unpaired) electrons. The van der Waals surface area contributed by atoms with E-state index in [2.05, 4.69) is 5.32 Å². The van der Waals surface area contributed by atoms with Crippen LogP contribution in [0.1, 0.15) is 18.0 Å². The zero-order chi connectivity index (χ0) is 13.0. The molecule has 0 aliphatic carbocycles. The van der Waals surface area contributed by atoms with E-state index in [0.29, 0.717) is 19.6 Å². The molecule has 18 heavy (non-hydrogen) atoms. The molecule has 5 heteroatoms. The van der Waals surface area contributed by atoms with Gasteiger partial charge in [0.1, 0.15) is 6.42 Å². The highest BCUT2D eigenvalue weighted by atomic mass is 16.4. The molecular formula is C13H16N2O3. The summed E-state index contributed by atoms with van der Waals surface area (Å²) in [5.41, 5.74) is 1.12. The molecule has 1 atom stereocenters. The number of amides is 1. The van der Waals surface area contributed by atoms with Gasteiger partial charge in [-0.05, 0) is 5.56 Å². The summed E-state index contributed by atoms with van der Waals surface area (Å²) in [6.45, 7) is 1.77. The smallest absolute Gasteiger partial charge is 0.312 e. The molecule has 1 aliphatic rings. The van der Waals surface area contributed by atoms with E-state index in [1.54, 1.807) is 4.90 Å². The molecule has 2 N–H and O–H groups in total. The van der Waals surface area contributed by atoms with Crippen molar-refractivity contribution < 1.29 is 14.7 Å². The second-order valence-electron chi connectivity index (χ2n) is 4.33. The number of rotatable bonds is 3. The third kappa shape index (κ3) is 3.07. The van der Waals surface area contributed by atoms with Crippen molar-refractivity contribution in [3.05, 3.63) is 35.9 Å². The predicted molar refractivity (Wildman–Crippen MR) is 66.0 cm³/mol. The molecule has 1 heterocycles. The summed E-state index contributed by atoms with van der Waals surface area (Å²) in [7, 11) is 0. The molecule has 1 amide bonds. The summed E-state index contributed by atoms with van der Waals surface area (Å²) in [5.74, 6) is -1.39. The lowest BCUT2D eigenvalue weighted by Crippen LogP contribution is -2.48. The van der Waals surface area contributed by atoms with E-state index in [1.165, 1.54) is 0 Å². The minimum absolute atomic E-state index is 0.0812. The van der Waals surface area contributed by atoms with E-state index in [1.807, 2.05) is 30.3 Å². The van der Waals surface area contributed by atoms with Crippen molar-refractivity contribution in [2.75, 3.05) is 19.6 Å². The monoisotopic (exact) mass is 248 g/mol. The number of carboxylic acid groups (broad SMARTS) is 1. The number of hydrogen-bond acceptors (Lipinski definition) is 3. The zero-order valence-corrected chi connectivity index (χ0v) is 10.0. The molecule has 5 nitrogen and oxygen atoms in total. The summed E-state index contributed by atoms with van der Waals surface area (Å²) in [5, 5.41) is 12.0. The van der Waals surface area contributed by atoms with E-state index < -0.39 is 12.4 Å². The van der Waals surface area contributed by atoms with Crippen molar-refractivity contribution in [1.82, 2.24) is 10.2 Å². The summed E-state index contributed by atoms with van der Waals surface area (Å²) < 4.78 is 0. The highest BCUT2D eigenvalue weighted by Gasteiger charge is 2.25. The van der Waals surface area contributed by atoms with Gasteiger partial charge in [0, 0.05) is 25.7 Å². The van der Waals surface area contributed by atoms with Gasteiger partial charge in [0.2, 0.25) is 5.91 Å². The number of nitrogens with one attached hydrogen (secondary N) is 1. The molecule has 0 spiro atoms. The van der Waals surface area contributed by atoms with Crippen molar-refractivity contribution in [3.8, 4) is 0 Å². The number of carbonyl (C=O) groups is 2. The van der Waals surface area contributed by atoms with Crippen LogP contribution in [-0.4, -0.2) is 41.5 Å². The van der Waals surface area contributed by atoms with Crippen LogP contribution in [0.5, 0.6) is 0 Å². The Morgan fingerprint density at radius 3 is 2.72 bits per heavy atom. The van der Waals surface area contributed by atoms with E-state index in [-0.39, 0.29) is 11.9 Å². The number of piperazine rings is 1. The Balaban J connectivity index is 2.01. The molecule has 0 saturated carbocycles. The predicted octanol–water partition coefficient (Wildman–Crippen LogP) is 0.634. The molecule has 1 aromatic carbocycles. The van der Waals surface area contributed by atoms with Crippen LogP contribution in [0.3, 0.4) is 0 Å². The SMILES string of the molecule is O=C(O)CC(=O)N1CCNC(c2ccccc2)C1. The van der Waals surface area contributed by atoms with Crippen molar-refractivity contribution in [2.45, 2.75) is 12.5 Å². The summed E-state index contributed by atoms with van der Waals surface area (Å²) in [6, 6.07) is 9.94. The van der Waals surface area contributed by atoms with Crippen molar-refractivity contribution in [1.29, 1.82) is 0 Å². The molecule has 1 aliphatic heterocycles. The van der Waals surface area contributed by atoms with Gasteiger partial charge in [-0.1, -0.05) is 30.3 Å². The Bertz CT molecular complexity index is 433. The van der Waals surface area contributed by atoms with Crippen LogP contribution < -0.4 is 5.32 Å². The van der Waals surface area contributed by atoms with Crippen molar-refractivity contribution in [3.63, 3.8) is 0 Å². The standard InChI is InChI=1S/C13H16N2O3/c16-12(8-13(17)18)15-7-6-14-11(9-15)10-4-2-1-3-5-10/h1-5,11,14H,6-9H2,(H,17,18). The van der Waals surface area contributed by atoms with Crippen molar-refractivity contribution >= 4 is 11.9 Å². The second kappa shape index (κ2) is 5.64. The lowest BCUT2D eigenvalue weighted by Gasteiger charge is -2.33. The Kier molecular flexibility index (Phi) is 3.94. The Labute approximate surface area is 105 Å².